The number of thioether (sulfide) groups is 1. The van der Waals surface area contributed by atoms with E-state index >= 15 is 0 Å². The van der Waals surface area contributed by atoms with E-state index in [9.17, 15) is 9.59 Å². The first-order valence-electron chi connectivity index (χ1n) is 7.07. The monoisotopic (exact) mass is 287 g/mol. The lowest BCUT2D eigenvalue weighted by atomic mass is 9.84. The molecule has 2 amide bonds. The number of nitrogens with one attached hydrogen (secondary N) is 1. The third-order valence-corrected chi connectivity index (χ3v) is 4.76. The standard InChI is InChI=1S/C16H17NO2S/c18-15-14(20-16(19)17-15)10-11-6-8-13(9-7-11)12-4-2-1-3-5-12/h6-10,12H,1-5H2,(H,17,18,19)/b14-10+. The fraction of sp³-hybridized carbons (Fsp3) is 0.375. The summed E-state index contributed by atoms with van der Waals surface area (Å²) in [5.74, 6) is 0.396. The maximum atomic E-state index is 11.5. The van der Waals surface area contributed by atoms with Gasteiger partial charge in [-0.25, -0.2) is 0 Å². The van der Waals surface area contributed by atoms with Crippen LogP contribution >= 0.6 is 11.8 Å². The smallest absolute Gasteiger partial charge is 0.282 e. The molecule has 104 valence electrons. The molecule has 1 aromatic rings. The van der Waals surface area contributed by atoms with Crippen molar-refractivity contribution < 1.29 is 9.59 Å². The summed E-state index contributed by atoms with van der Waals surface area (Å²) >= 11 is 0.962. The lowest BCUT2D eigenvalue weighted by Crippen LogP contribution is -2.17. The average molecular weight is 287 g/mol. The molecule has 4 heteroatoms. The fourth-order valence-corrected chi connectivity index (χ4v) is 3.55. The molecule has 0 atom stereocenters. The lowest BCUT2D eigenvalue weighted by molar-refractivity contribution is -0.115. The third-order valence-electron chi connectivity index (χ3n) is 3.95. The summed E-state index contributed by atoms with van der Waals surface area (Å²) in [5, 5.41) is 1.98. The maximum absolute atomic E-state index is 11.5. The Hall–Kier alpha value is -1.55. The number of benzene rings is 1. The van der Waals surface area contributed by atoms with Crippen molar-refractivity contribution in [1.82, 2.24) is 5.32 Å². The summed E-state index contributed by atoms with van der Waals surface area (Å²) in [6, 6.07) is 8.38. The van der Waals surface area contributed by atoms with Gasteiger partial charge < -0.3 is 0 Å². The van der Waals surface area contributed by atoms with E-state index < -0.39 is 0 Å². The van der Waals surface area contributed by atoms with Gasteiger partial charge in [-0.3, -0.25) is 14.9 Å². The number of carbonyl (C=O) groups excluding carboxylic acids is 2. The third kappa shape index (κ3) is 2.96. The van der Waals surface area contributed by atoms with Gasteiger partial charge in [0.25, 0.3) is 11.1 Å². The van der Waals surface area contributed by atoms with Crippen LogP contribution in [-0.2, 0) is 4.79 Å². The van der Waals surface area contributed by atoms with Crippen LogP contribution in [0.3, 0.4) is 0 Å². The summed E-state index contributed by atoms with van der Waals surface area (Å²) < 4.78 is 0. The van der Waals surface area contributed by atoms with Crippen LogP contribution in [0, 0.1) is 0 Å². The molecule has 0 spiro atoms. The van der Waals surface area contributed by atoms with Crippen molar-refractivity contribution in [1.29, 1.82) is 0 Å². The molecule has 0 bridgehead atoms. The van der Waals surface area contributed by atoms with Gasteiger partial charge in [0.2, 0.25) is 0 Å². The van der Waals surface area contributed by atoms with E-state index in [1.807, 2.05) is 12.1 Å². The van der Waals surface area contributed by atoms with E-state index in [1.54, 1.807) is 6.08 Å². The van der Waals surface area contributed by atoms with Crippen molar-refractivity contribution in [3.05, 3.63) is 40.3 Å². The Bertz CT molecular complexity index is 556. The number of hydrogen-bond acceptors (Lipinski definition) is 3. The minimum Gasteiger partial charge on any atom is -0.282 e. The Balaban J connectivity index is 1.74. The molecule has 1 saturated carbocycles. The molecule has 0 unspecified atom stereocenters. The molecule has 3 rings (SSSR count). The topological polar surface area (TPSA) is 46.2 Å². The largest absolute Gasteiger partial charge is 0.290 e. The molecule has 1 aliphatic carbocycles. The van der Waals surface area contributed by atoms with Gasteiger partial charge in [-0.15, -0.1) is 0 Å². The molecule has 2 fully saturated rings. The molecule has 0 radical (unpaired) electrons. The minimum absolute atomic E-state index is 0.292. The van der Waals surface area contributed by atoms with Crippen LogP contribution < -0.4 is 5.32 Å². The van der Waals surface area contributed by atoms with Crippen LogP contribution in [0.15, 0.2) is 29.2 Å². The Morgan fingerprint density at radius 1 is 1.05 bits per heavy atom. The Labute approximate surface area is 122 Å². The van der Waals surface area contributed by atoms with Crippen LogP contribution in [0.4, 0.5) is 4.79 Å². The molecule has 1 aliphatic heterocycles. The second-order valence-corrected chi connectivity index (χ2v) is 6.37. The van der Waals surface area contributed by atoms with E-state index in [4.69, 9.17) is 0 Å². The SMILES string of the molecule is O=C1NC(=O)/C(=C\c2ccc(C3CCCCC3)cc2)S1. The van der Waals surface area contributed by atoms with E-state index in [0.717, 1.165) is 17.3 Å². The molecule has 2 aliphatic rings. The molecule has 20 heavy (non-hydrogen) atoms. The van der Waals surface area contributed by atoms with Gasteiger partial charge in [-0.1, -0.05) is 43.5 Å². The highest BCUT2D eigenvalue weighted by Gasteiger charge is 2.24. The quantitative estimate of drug-likeness (QED) is 0.834. The average Bonchev–Trinajstić information content (AvgIpc) is 2.79. The summed E-state index contributed by atoms with van der Waals surface area (Å²) in [5.41, 5.74) is 2.36. The highest BCUT2D eigenvalue weighted by atomic mass is 32.2. The molecule has 0 aromatic heterocycles. The van der Waals surface area contributed by atoms with Crippen LogP contribution in [0.2, 0.25) is 0 Å². The molecule has 1 heterocycles. The fourth-order valence-electron chi connectivity index (χ4n) is 2.87. The summed E-state index contributed by atoms with van der Waals surface area (Å²) in [6.07, 6.45) is 8.36. The number of hydrogen-bond donors (Lipinski definition) is 1. The van der Waals surface area contributed by atoms with Crippen molar-refractivity contribution in [3.63, 3.8) is 0 Å². The minimum atomic E-state index is -0.295. The first-order valence-corrected chi connectivity index (χ1v) is 7.89. The van der Waals surface area contributed by atoms with Gasteiger partial charge in [0.15, 0.2) is 0 Å². The molecular formula is C16H17NO2S. The molecule has 1 saturated heterocycles. The summed E-state index contributed by atoms with van der Waals surface area (Å²) in [6.45, 7) is 0. The predicted octanol–water partition coefficient (Wildman–Crippen LogP) is 4.06. The second-order valence-electron chi connectivity index (χ2n) is 5.35. The summed E-state index contributed by atoms with van der Waals surface area (Å²) in [7, 11) is 0. The summed E-state index contributed by atoms with van der Waals surface area (Å²) in [4.78, 5) is 23.1. The number of amides is 2. The van der Waals surface area contributed by atoms with Gasteiger partial charge in [-0.05, 0) is 47.7 Å². The van der Waals surface area contributed by atoms with Crippen molar-refractivity contribution in [2.24, 2.45) is 0 Å². The maximum Gasteiger partial charge on any atom is 0.290 e. The highest BCUT2D eigenvalue weighted by molar-refractivity contribution is 8.18. The van der Waals surface area contributed by atoms with E-state index in [2.05, 4.69) is 17.4 Å². The number of carbonyl (C=O) groups is 2. The second kappa shape index (κ2) is 5.83. The first kappa shape index (κ1) is 13.4. The lowest BCUT2D eigenvalue weighted by Gasteiger charge is -2.21. The molecular weight excluding hydrogens is 270 g/mol. The van der Waals surface area contributed by atoms with Crippen LogP contribution in [0.1, 0.15) is 49.1 Å². The van der Waals surface area contributed by atoms with Crippen molar-refractivity contribution in [3.8, 4) is 0 Å². The van der Waals surface area contributed by atoms with Crippen molar-refractivity contribution in [2.45, 2.75) is 38.0 Å². The van der Waals surface area contributed by atoms with Gasteiger partial charge in [-0.2, -0.15) is 0 Å². The van der Waals surface area contributed by atoms with Gasteiger partial charge in [0, 0.05) is 0 Å². The zero-order valence-corrected chi connectivity index (χ0v) is 12.0. The first-order chi connectivity index (χ1) is 9.72. The number of rotatable bonds is 2. The van der Waals surface area contributed by atoms with Gasteiger partial charge in [0.1, 0.15) is 0 Å². The Morgan fingerprint density at radius 2 is 1.75 bits per heavy atom. The molecule has 1 N–H and O–H groups in total. The highest BCUT2D eigenvalue weighted by Crippen LogP contribution is 2.33. The zero-order valence-electron chi connectivity index (χ0n) is 11.2. The molecule has 1 aromatic carbocycles. The Kier molecular flexibility index (Phi) is 3.92. The van der Waals surface area contributed by atoms with E-state index in [-0.39, 0.29) is 11.1 Å². The zero-order chi connectivity index (χ0) is 13.9. The van der Waals surface area contributed by atoms with E-state index in [1.165, 1.54) is 37.7 Å². The predicted molar refractivity (Wildman–Crippen MR) is 81.4 cm³/mol. The Morgan fingerprint density at radius 3 is 2.35 bits per heavy atom. The van der Waals surface area contributed by atoms with Crippen molar-refractivity contribution in [2.75, 3.05) is 0 Å². The number of imide groups is 1. The van der Waals surface area contributed by atoms with Gasteiger partial charge in [0.05, 0.1) is 4.91 Å². The van der Waals surface area contributed by atoms with Crippen molar-refractivity contribution >= 4 is 29.0 Å². The van der Waals surface area contributed by atoms with E-state index in [0.29, 0.717) is 10.8 Å². The normalized spacial score (nSPS) is 22.3. The van der Waals surface area contributed by atoms with Crippen LogP contribution in [0.5, 0.6) is 0 Å². The van der Waals surface area contributed by atoms with Gasteiger partial charge >= 0.3 is 0 Å². The molecule has 3 nitrogen and oxygen atoms in total. The van der Waals surface area contributed by atoms with Crippen LogP contribution in [-0.4, -0.2) is 11.1 Å². The van der Waals surface area contributed by atoms with Crippen LogP contribution in [0.25, 0.3) is 6.08 Å².